The number of carbonyl (C=O) groups is 1. The molecule has 0 radical (unpaired) electrons. The number of anilines is 1. The van der Waals surface area contributed by atoms with Crippen LogP contribution in [0.15, 0.2) is 64.5 Å². The number of thioether (sulfide) groups is 1. The highest BCUT2D eigenvalue weighted by Crippen LogP contribution is 2.33. The summed E-state index contributed by atoms with van der Waals surface area (Å²) in [6, 6.07) is 18.0. The standard InChI is InChI=1S/C21H21N3O2S/c1-23-20(25)19(27-21(23)22-17-5-3-2-4-6-17)15-16-7-9-18(10-8-16)24-11-13-26-14-12-24/h2-10,15H,11-14H2,1H3/b19-15-,22-21?. The van der Waals surface area contributed by atoms with Crippen LogP contribution in [-0.4, -0.2) is 49.3 Å². The van der Waals surface area contributed by atoms with E-state index in [1.54, 1.807) is 11.9 Å². The Hall–Kier alpha value is -2.57. The third kappa shape index (κ3) is 4.07. The fraction of sp³-hybridized carbons (Fsp3) is 0.238. The smallest absolute Gasteiger partial charge is 0.266 e. The summed E-state index contributed by atoms with van der Waals surface area (Å²) in [6.07, 6.45) is 1.93. The Morgan fingerprint density at radius 3 is 2.44 bits per heavy atom. The van der Waals surface area contributed by atoms with E-state index in [1.165, 1.54) is 17.4 Å². The molecule has 0 aliphatic carbocycles. The average Bonchev–Trinajstić information content (AvgIpc) is 2.98. The van der Waals surface area contributed by atoms with Crippen LogP contribution in [0.1, 0.15) is 5.56 Å². The summed E-state index contributed by atoms with van der Waals surface area (Å²) in [6.45, 7) is 3.37. The molecule has 2 aromatic rings. The highest BCUT2D eigenvalue weighted by atomic mass is 32.2. The zero-order valence-electron chi connectivity index (χ0n) is 15.2. The summed E-state index contributed by atoms with van der Waals surface area (Å²) in [4.78, 5) is 21.7. The Labute approximate surface area is 163 Å². The number of ether oxygens (including phenoxy) is 1. The van der Waals surface area contributed by atoms with Gasteiger partial charge in [-0.25, -0.2) is 4.99 Å². The molecule has 4 rings (SSSR count). The van der Waals surface area contributed by atoms with E-state index in [2.05, 4.69) is 34.2 Å². The molecule has 0 bridgehead atoms. The average molecular weight is 379 g/mol. The van der Waals surface area contributed by atoms with E-state index in [1.807, 2.05) is 36.4 Å². The predicted molar refractivity (Wildman–Crippen MR) is 111 cm³/mol. The molecule has 0 aromatic heterocycles. The van der Waals surface area contributed by atoms with Crippen molar-refractivity contribution < 1.29 is 9.53 Å². The van der Waals surface area contributed by atoms with Gasteiger partial charge in [0, 0.05) is 25.8 Å². The minimum absolute atomic E-state index is 0.0214. The van der Waals surface area contributed by atoms with E-state index >= 15 is 0 Å². The van der Waals surface area contributed by atoms with E-state index in [9.17, 15) is 4.79 Å². The molecule has 2 saturated heterocycles. The minimum atomic E-state index is -0.0214. The molecule has 0 N–H and O–H groups in total. The molecule has 2 fully saturated rings. The third-order valence-corrected chi connectivity index (χ3v) is 5.61. The van der Waals surface area contributed by atoms with E-state index in [0.29, 0.717) is 10.1 Å². The molecule has 2 aliphatic heterocycles. The maximum atomic E-state index is 12.6. The summed E-state index contributed by atoms with van der Waals surface area (Å²) in [5.41, 5.74) is 3.04. The van der Waals surface area contributed by atoms with Crippen LogP contribution in [-0.2, 0) is 9.53 Å². The number of hydrogen-bond acceptors (Lipinski definition) is 5. The van der Waals surface area contributed by atoms with Crippen LogP contribution in [0.2, 0.25) is 0 Å². The molecule has 0 saturated carbocycles. The van der Waals surface area contributed by atoms with Gasteiger partial charge in [0.15, 0.2) is 5.17 Å². The Morgan fingerprint density at radius 1 is 1.04 bits per heavy atom. The molecule has 2 heterocycles. The van der Waals surface area contributed by atoms with Crippen molar-refractivity contribution in [2.24, 2.45) is 4.99 Å². The largest absolute Gasteiger partial charge is 0.378 e. The second kappa shape index (κ2) is 7.98. The van der Waals surface area contributed by atoms with Crippen molar-refractivity contribution in [1.82, 2.24) is 4.90 Å². The van der Waals surface area contributed by atoms with Gasteiger partial charge in [-0.15, -0.1) is 0 Å². The van der Waals surface area contributed by atoms with Gasteiger partial charge in [0.25, 0.3) is 5.91 Å². The summed E-state index contributed by atoms with van der Waals surface area (Å²) in [5.74, 6) is -0.0214. The van der Waals surface area contributed by atoms with Crippen LogP contribution < -0.4 is 4.90 Å². The van der Waals surface area contributed by atoms with Gasteiger partial charge in [0.1, 0.15) is 0 Å². The number of likely N-dealkylation sites (N-methyl/N-ethyl adjacent to an activating group) is 1. The second-order valence-corrected chi connectivity index (χ2v) is 7.40. The predicted octanol–water partition coefficient (Wildman–Crippen LogP) is 3.76. The summed E-state index contributed by atoms with van der Waals surface area (Å²) < 4.78 is 5.40. The van der Waals surface area contributed by atoms with Crippen LogP contribution in [0.3, 0.4) is 0 Å². The fourth-order valence-corrected chi connectivity index (χ4v) is 4.01. The van der Waals surface area contributed by atoms with E-state index < -0.39 is 0 Å². The second-order valence-electron chi connectivity index (χ2n) is 6.40. The minimum Gasteiger partial charge on any atom is -0.378 e. The molecule has 2 aliphatic rings. The number of hydrogen-bond donors (Lipinski definition) is 0. The monoisotopic (exact) mass is 379 g/mol. The summed E-state index contributed by atoms with van der Waals surface area (Å²) in [7, 11) is 1.76. The van der Waals surface area contributed by atoms with E-state index in [-0.39, 0.29) is 5.91 Å². The molecule has 6 heteroatoms. The van der Waals surface area contributed by atoms with Crippen LogP contribution in [0.25, 0.3) is 6.08 Å². The first-order valence-corrected chi connectivity index (χ1v) is 9.76. The molecule has 0 spiro atoms. The molecule has 27 heavy (non-hydrogen) atoms. The van der Waals surface area contributed by atoms with Crippen molar-refractivity contribution in [2.45, 2.75) is 0 Å². The summed E-state index contributed by atoms with van der Waals surface area (Å²) >= 11 is 1.41. The van der Waals surface area contributed by atoms with Crippen molar-refractivity contribution in [3.05, 3.63) is 65.1 Å². The number of morpholine rings is 1. The van der Waals surface area contributed by atoms with Gasteiger partial charge in [-0.2, -0.15) is 0 Å². The highest BCUT2D eigenvalue weighted by Gasteiger charge is 2.30. The maximum Gasteiger partial charge on any atom is 0.266 e. The molecular formula is C21H21N3O2S. The Kier molecular flexibility index (Phi) is 5.27. The number of benzene rings is 2. The first-order chi connectivity index (χ1) is 13.2. The van der Waals surface area contributed by atoms with Gasteiger partial charge in [-0.1, -0.05) is 30.3 Å². The molecule has 138 valence electrons. The van der Waals surface area contributed by atoms with Crippen molar-refractivity contribution in [2.75, 3.05) is 38.3 Å². The fourth-order valence-electron chi connectivity index (χ4n) is 3.02. The normalized spacial score (nSPS) is 20.7. The molecule has 2 aromatic carbocycles. The number of para-hydroxylation sites is 1. The number of carbonyl (C=O) groups excluding carboxylic acids is 1. The number of rotatable bonds is 3. The molecule has 5 nitrogen and oxygen atoms in total. The third-order valence-electron chi connectivity index (χ3n) is 4.55. The van der Waals surface area contributed by atoms with Gasteiger partial charge < -0.3 is 9.64 Å². The molecular weight excluding hydrogens is 358 g/mol. The van der Waals surface area contributed by atoms with Gasteiger partial charge in [0.05, 0.1) is 23.8 Å². The van der Waals surface area contributed by atoms with E-state index in [4.69, 9.17) is 4.74 Å². The zero-order chi connectivity index (χ0) is 18.6. The quantitative estimate of drug-likeness (QED) is 0.762. The van der Waals surface area contributed by atoms with Crippen molar-refractivity contribution in [3.63, 3.8) is 0 Å². The summed E-state index contributed by atoms with van der Waals surface area (Å²) in [5, 5.41) is 0.697. The Balaban J connectivity index is 1.51. The lowest BCUT2D eigenvalue weighted by molar-refractivity contribution is -0.121. The molecule has 0 atom stereocenters. The van der Waals surface area contributed by atoms with Crippen LogP contribution in [0, 0.1) is 0 Å². The first-order valence-electron chi connectivity index (χ1n) is 8.95. The Morgan fingerprint density at radius 2 is 1.74 bits per heavy atom. The van der Waals surface area contributed by atoms with Gasteiger partial charge in [-0.3, -0.25) is 9.69 Å². The van der Waals surface area contributed by atoms with Crippen LogP contribution in [0.5, 0.6) is 0 Å². The maximum absolute atomic E-state index is 12.6. The molecule has 1 amide bonds. The van der Waals surface area contributed by atoms with Gasteiger partial charge >= 0.3 is 0 Å². The van der Waals surface area contributed by atoms with E-state index in [0.717, 1.165) is 37.6 Å². The lowest BCUT2D eigenvalue weighted by Gasteiger charge is -2.28. The SMILES string of the molecule is CN1C(=O)/C(=C/c2ccc(N3CCOCC3)cc2)SC1=Nc1ccccc1. The Bertz CT molecular complexity index is 872. The number of amidine groups is 1. The topological polar surface area (TPSA) is 45.1 Å². The van der Waals surface area contributed by atoms with Gasteiger partial charge in [-0.05, 0) is 47.7 Å². The lowest BCUT2D eigenvalue weighted by atomic mass is 10.1. The van der Waals surface area contributed by atoms with Crippen LogP contribution >= 0.6 is 11.8 Å². The number of nitrogens with zero attached hydrogens (tertiary/aromatic N) is 3. The lowest BCUT2D eigenvalue weighted by Crippen LogP contribution is -2.36. The van der Waals surface area contributed by atoms with Crippen molar-refractivity contribution >= 4 is 40.3 Å². The highest BCUT2D eigenvalue weighted by molar-refractivity contribution is 8.18. The van der Waals surface area contributed by atoms with Gasteiger partial charge in [0.2, 0.25) is 0 Å². The number of aliphatic imine (C=N–C) groups is 1. The zero-order valence-corrected chi connectivity index (χ0v) is 16.0. The van der Waals surface area contributed by atoms with Crippen molar-refractivity contribution in [3.8, 4) is 0 Å². The van der Waals surface area contributed by atoms with Crippen LogP contribution in [0.4, 0.5) is 11.4 Å². The number of amides is 1. The molecule has 0 unspecified atom stereocenters. The van der Waals surface area contributed by atoms with Crippen molar-refractivity contribution in [1.29, 1.82) is 0 Å². The first kappa shape index (κ1) is 17.8.